The van der Waals surface area contributed by atoms with Gasteiger partial charge in [0.2, 0.25) is 0 Å². The summed E-state index contributed by atoms with van der Waals surface area (Å²) in [6.07, 6.45) is 1.84. The summed E-state index contributed by atoms with van der Waals surface area (Å²) in [4.78, 5) is 23.6. The first-order valence-corrected chi connectivity index (χ1v) is 7.93. The monoisotopic (exact) mass is 366 g/mol. The maximum absolute atomic E-state index is 12.3. The molecular formula is C14H11BrN2O3S. The molecule has 0 atom stereocenters. The standard InChI is InChI=1S/C14H11BrN2O3S/c1-21-9-6-7-13(17(19)20)10(8-9)14(18)16-12-5-3-2-4-11(12)15/h2-8H,1H3,(H,16,18). The first-order valence-electron chi connectivity index (χ1n) is 5.91. The van der Waals surface area contributed by atoms with Crippen LogP contribution >= 0.6 is 27.7 Å². The summed E-state index contributed by atoms with van der Waals surface area (Å²) < 4.78 is 0.710. The van der Waals surface area contributed by atoms with Crippen LogP contribution < -0.4 is 5.32 Å². The Morgan fingerprint density at radius 1 is 1.29 bits per heavy atom. The molecule has 0 heterocycles. The first kappa shape index (κ1) is 15.5. The van der Waals surface area contributed by atoms with Gasteiger partial charge >= 0.3 is 0 Å². The number of nitrogens with zero attached hydrogens (tertiary/aromatic N) is 1. The SMILES string of the molecule is CSc1ccc([N+](=O)[O-])c(C(=O)Nc2ccccc2Br)c1. The Morgan fingerprint density at radius 2 is 2.00 bits per heavy atom. The van der Waals surface area contributed by atoms with E-state index in [0.717, 1.165) is 4.90 Å². The number of nitro benzene ring substituents is 1. The number of thioether (sulfide) groups is 1. The van der Waals surface area contributed by atoms with Crippen molar-refractivity contribution in [1.82, 2.24) is 0 Å². The van der Waals surface area contributed by atoms with Gasteiger partial charge in [0, 0.05) is 15.4 Å². The average Bonchev–Trinajstić information content (AvgIpc) is 2.48. The van der Waals surface area contributed by atoms with Crippen LogP contribution in [0.3, 0.4) is 0 Å². The molecule has 7 heteroatoms. The molecule has 0 aliphatic rings. The molecule has 0 aliphatic carbocycles. The van der Waals surface area contributed by atoms with Crippen LogP contribution in [0.2, 0.25) is 0 Å². The molecule has 2 aromatic carbocycles. The summed E-state index contributed by atoms with van der Waals surface area (Å²) in [5, 5.41) is 13.7. The normalized spacial score (nSPS) is 10.2. The maximum Gasteiger partial charge on any atom is 0.282 e. The van der Waals surface area contributed by atoms with E-state index < -0.39 is 10.8 Å². The number of hydrogen-bond donors (Lipinski definition) is 1. The highest BCUT2D eigenvalue weighted by molar-refractivity contribution is 9.10. The Balaban J connectivity index is 2.38. The summed E-state index contributed by atoms with van der Waals surface area (Å²) >= 11 is 4.74. The smallest absolute Gasteiger partial charge is 0.282 e. The van der Waals surface area contributed by atoms with Crippen molar-refractivity contribution in [1.29, 1.82) is 0 Å². The number of carbonyl (C=O) groups is 1. The second-order valence-electron chi connectivity index (χ2n) is 4.07. The second-order valence-corrected chi connectivity index (χ2v) is 5.81. The van der Waals surface area contributed by atoms with Crippen LogP contribution in [0.5, 0.6) is 0 Å². The van der Waals surface area contributed by atoms with E-state index in [1.165, 1.54) is 23.9 Å². The van der Waals surface area contributed by atoms with Gasteiger partial charge in [0.05, 0.1) is 10.6 Å². The number of benzene rings is 2. The van der Waals surface area contributed by atoms with Crippen molar-refractivity contribution in [2.45, 2.75) is 4.90 Å². The van der Waals surface area contributed by atoms with Crippen molar-refractivity contribution in [2.75, 3.05) is 11.6 Å². The van der Waals surface area contributed by atoms with Crippen LogP contribution in [0, 0.1) is 10.1 Å². The third-order valence-electron chi connectivity index (χ3n) is 2.77. The predicted molar refractivity (Wildman–Crippen MR) is 87.0 cm³/mol. The average molecular weight is 367 g/mol. The van der Waals surface area contributed by atoms with Gasteiger partial charge in [0.1, 0.15) is 5.56 Å². The second kappa shape index (κ2) is 6.73. The lowest BCUT2D eigenvalue weighted by Crippen LogP contribution is -2.14. The summed E-state index contributed by atoms with van der Waals surface area (Å²) in [6, 6.07) is 11.6. The lowest BCUT2D eigenvalue weighted by molar-refractivity contribution is -0.385. The highest BCUT2D eigenvalue weighted by Crippen LogP contribution is 2.27. The van der Waals surface area contributed by atoms with E-state index in [1.807, 2.05) is 12.3 Å². The van der Waals surface area contributed by atoms with Crippen molar-refractivity contribution < 1.29 is 9.72 Å². The van der Waals surface area contributed by atoms with E-state index in [2.05, 4.69) is 21.2 Å². The number of nitro groups is 1. The minimum Gasteiger partial charge on any atom is -0.321 e. The number of amides is 1. The molecule has 0 unspecified atom stereocenters. The summed E-state index contributed by atoms with van der Waals surface area (Å²) in [5.41, 5.74) is 0.395. The van der Waals surface area contributed by atoms with Gasteiger partial charge in [-0.2, -0.15) is 0 Å². The Morgan fingerprint density at radius 3 is 2.62 bits per heavy atom. The number of rotatable bonds is 4. The van der Waals surface area contributed by atoms with Crippen molar-refractivity contribution in [3.05, 3.63) is 62.6 Å². The molecular weight excluding hydrogens is 356 g/mol. The van der Waals surface area contributed by atoms with E-state index in [-0.39, 0.29) is 11.3 Å². The number of hydrogen-bond acceptors (Lipinski definition) is 4. The molecule has 0 aromatic heterocycles. The molecule has 0 radical (unpaired) electrons. The Hall–Kier alpha value is -1.86. The zero-order valence-corrected chi connectivity index (χ0v) is 13.4. The maximum atomic E-state index is 12.3. The van der Waals surface area contributed by atoms with Crippen LogP contribution in [0.4, 0.5) is 11.4 Å². The molecule has 21 heavy (non-hydrogen) atoms. The van der Waals surface area contributed by atoms with E-state index in [4.69, 9.17) is 0 Å². The molecule has 1 N–H and O–H groups in total. The molecule has 0 fully saturated rings. The fraction of sp³-hybridized carbons (Fsp3) is 0.0714. The predicted octanol–water partition coefficient (Wildman–Crippen LogP) is 4.33. The topological polar surface area (TPSA) is 72.2 Å². The third kappa shape index (κ3) is 3.62. The molecule has 0 saturated carbocycles. The van der Waals surface area contributed by atoms with E-state index in [0.29, 0.717) is 10.2 Å². The molecule has 0 spiro atoms. The Labute approximate surface area is 134 Å². The molecule has 5 nitrogen and oxygen atoms in total. The van der Waals surface area contributed by atoms with Gasteiger partial charge in [-0.25, -0.2) is 0 Å². The van der Waals surface area contributed by atoms with Crippen LogP contribution in [-0.4, -0.2) is 17.1 Å². The van der Waals surface area contributed by atoms with Crippen LogP contribution in [0.15, 0.2) is 51.8 Å². The van der Waals surface area contributed by atoms with Crippen LogP contribution in [0.1, 0.15) is 10.4 Å². The molecule has 1 amide bonds. The van der Waals surface area contributed by atoms with Gasteiger partial charge in [-0.1, -0.05) is 12.1 Å². The number of anilines is 1. The summed E-state index contributed by atoms with van der Waals surface area (Å²) in [6.45, 7) is 0. The van der Waals surface area contributed by atoms with Gasteiger partial charge < -0.3 is 5.32 Å². The Kier molecular flexibility index (Phi) is 4.98. The number of halogens is 1. The molecule has 0 bridgehead atoms. The molecule has 2 rings (SSSR count). The van der Waals surface area contributed by atoms with Crippen LogP contribution in [0.25, 0.3) is 0 Å². The minimum atomic E-state index is -0.556. The van der Waals surface area contributed by atoms with E-state index in [9.17, 15) is 14.9 Å². The quantitative estimate of drug-likeness (QED) is 0.496. The molecule has 0 aliphatic heterocycles. The Bertz CT molecular complexity index is 706. The highest BCUT2D eigenvalue weighted by atomic mass is 79.9. The zero-order chi connectivity index (χ0) is 15.4. The van der Waals surface area contributed by atoms with Crippen molar-refractivity contribution in [2.24, 2.45) is 0 Å². The van der Waals surface area contributed by atoms with E-state index in [1.54, 1.807) is 24.3 Å². The third-order valence-corrected chi connectivity index (χ3v) is 4.18. The lowest BCUT2D eigenvalue weighted by atomic mass is 10.1. The lowest BCUT2D eigenvalue weighted by Gasteiger charge is -2.08. The van der Waals surface area contributed by atoms with Gasteiger partial charge in [0.25, 0.3) is 11.6 Å². The number of nitrogens with one attached hydrogen (secondary N) is 1. The summed E-state index contributed by atoms with van der Waals surface area (Å²) in [5.74, 6) is -0.510. The van der Waals surface area contributed by atoms with Crippen LogP contribution in [-0.2, 0) is 0 Å². The van der Waals surface area contributed by atoms with Gasteiger partial charge in [-0.05, 0) is 46.5 Å². The van der Waals surface area contributed by atoms with Crippen molar-refractivity contribution in [3.63, 3.8) is 0 Å². The van der Waals surface area contributed by atoms with Gasteiger partial charge in [0.15, 0.2) is 0 Å². The first-order chi connectivity index (χ1) is 10.0. The van der Waals surface area contributed by atoms with Gasteiger partial charge in [-0.15, -0.1) is 11.8 Å². The fourth-order valence-corrected chi connectivity index (χ4v) is 2.56. The van der Waals surface area contributed by atoms with Crippen molar-refractivity contribution in [3.8, 4) is 0 Å². The van der Waals surface area contributed by atoms with E-state index >= 15 is 0 Å². The largest absolute Gasteiger partial charge is 0.321 e. The fourth-order valence-electron chi connectivity index (χ4n) is 1.74. The minimum absolute atomic E-state index is 0.0441. The molecule has 2 aromatic rings. The van der Waals surface area contributed by atoms with Gasteiger partial charge in [-0.3, -0.25) is 14.9 Å². The van der Waals surface area contributed by atoms with Crippen molar-refractivity contribution >= 4 is 45.0 Å². The molecule has 108 valence electrons. The number of para-hydroxylation sites is 1. The zero-order valence-electron chi connectivity index (χ0n) is 11.0. The molecule has 0 saturated heterocycles. The highest BCUT2D eigenvalue weighted by Gasteiger charge is 2.21. The number of carbonyl (C=O) groups excluding carboxylic acids is 1. The summed E-state index contributed by atoms with van der Waals surface area (Å²) in [7, 11) is 0.